The first kappa shape index (κ1) is 13.6. The van der Waals surface area contributed by atoms with E-state index in [0.717, 1.165) is 25.0 Å². The van der Waals surface area contributed by atoms with Gasteiger partial charge in [-0.1, -0.05) is 13.3 Å². The van der Waals surface area contributed by atoms with Crippen LogP contribution >= 0.6 is 0 Å². The molecule has 2 unspecified atom stereocenters. The van der Waals surface area contributed by atoms with Crippen molar-refractivity contribution in [2.75, 3.05) is 20.1 Å². The summed E-state index contributed by atoms with van der Waals surface area (Å²) >= 11 is 0. The fourth-order valence-corrected chi connectivity index (χ4v) is 3.01. The molecule has 1 saturated carbocycles. The molecule has 1 heterocycles. The van der Waals surface area contributed by atoms with E-state index in [0.29, 0.717) is 0 Å². The topological polar surface area (TPSA) is 28.4 Å². The van der Waals surface area contributed by atoms with Crippen molar-refractivity contribution in [3.05, 3.63) is 24.2 Å². The number of nitrogens with one attached hydrogen (secondary N) is 1. The standard InChI is InChI=1S/C15H26N2O/c1-3-8-16-15-6-4-5-14(15)11-17(2)10-13-7-9-18-12-13/h7,9,12,14-16H,3-6,8,10-11H2,1-2H3. The molecule has 0 aromatic carbocycles. The van der Waals surface area contributed by atoms with Crippen molar-refractivity contribution in [1.29, 1.82) is 0 Å². The predicted octanol–water partition coefficient (Wildman–Crippen LogP) is 2.88. The minimum Gasteiger partial charge on any atom is -0.472 e. The van der Waals surface area contributed by atoms with Crippen molar-refractivity contribution < 1.29 is 4.42 Å². The highest BCUT2D eigenvalue weighted by molar-refractivity contribution is 5.04. The lowest BCUT2D eigenvalue weighted by molar-refractivity contribution is 0.244. The Morgan fingerprint density at radius 3 is 3.06 bits per heavy atom. The van der Waals surface area contributed by atoms with Crippen LogP contribution < -0.4 is 5.32 Å². The van der Waals surface area contributed by atoms with Gasteiger partial charge in [-0.2, -0.15) is 0 Å². The van der Waals surface area contributed by atoms with Gasteiger partial charge in [0.2, 0.25) is 0 Å². The first-order valence-electron chi connectivity index (χ1n) is 7.22. The van der Waals surface area contributed by atoms with E-state index in [2.05, 4.69) is 30.3 Å². The van der Waals surface area contributed by atoms with E-state index in [1.807, 2.05) is 6.26 Å². The largest absolute Gasteiger partial charge is 0.472 e. The summed E-state index contributed by atoms with van der Waals surface area (Å²) in [5.41, 5.74) is 1.27. The van der Waals surface area contributed by atoms with Crippen LogP contribution in [0.2, 0.25) is 0 Å². The van der Waals surface area contributed by atoms with Crippen molar-refractivity contribution in [1.82, 2.24) is 10.2 Å². The third-order valence-electron chi connectivity index (χ3n) is 3.89. The molecule has 0 spiro atoms. The fraction of sp³-hybridized carbons (Fsp3) is 0.733. The van der Waals surface area contributed by atoms with Crippen LogP contribution in [-0.4, -0.2) is 31.1 Å². The molecule has 2 rings (SSSR count). The maximum Gasteiger partial charge on any atom is 0.0947 e. The highest BCUT2D eigenvalue weighted by atomic mass is 16.3. The normalized spacial score (nSPS) is 23.9. The molecule has 3 nitrogen and oxygen atoms in total. The number of hydrogen-bond donors (Lipinski definition) is 1. The molecular formula is C15H26N2O. The SMILES string of the molecule is CCCNC1CCCC1CN(C)Cc1ccoc1. The van der Waals surface area contributed by atoms with Crippen molar-refractivity contribution in [3.8, 4) is 0 Å². The van der Waals surface area contributed by atoms with Gasteiger partial charge in [-0.15, -0.1) is 0 Å². The van der Waals surface area contributed by atoms with Gasteiger partial charge >= 0.3 is 0 Å². The monoisotopic (exact) mass is 250 g/mol. The molecule has 0 amide bonds. The lowest BCUT2D eigenvalue weighted by Crippen LogP contribution is -2.38. The minimum atomic E-state index is 0.733. The molecule has 2 atom stereocenters. The highest BCUT2D eigenvalue weighted by Crippen LogP contribution is 2.26. The summed E-state index contributed by atoms with van der Waals surface area (Å²) < 4.78 is 5.12. The zero-order valence-corrected chi connectivity index (χ0v) is 11.7. The summed E-state index contributed by atoms with van der Waals surface area (Å²) in [6.45, 7) is 5.58. The Morgan fingerprint density at radius 2 is 2.33 bits per heavy atom. The molecule has 0 saturated heterocycles. The number of nitrogens with zero attached hydrogens (tertiary/aromatic N) is 1. The third kappa shape index (κ3) is 3.85. The number of furan rings is 1. The van der Waals surface area contributed by atoms with Gasteiger partial charge in [0.15, 0.2) is 0 Å². The summed E-state index contributed by atoms with van der Waals surface area (Å²) in [4.78, 5) is 2.42. The van der Waals surface area contributed by atoms with Gasteiger partial charge in [-0.3, -0.25) is 0 Å². The molecule has 18 heavy (non-hydrogen) atoms. The van der Waals surface area contributed by atoms with Crippen LogP contribution in [0, 0.1) is 5.92 Å². The smallest absolute Gasteiger partial charge is 0.0947 e. The highest BCUT2D eigenvalue weighted by Gasteiger charge is 2.27. The summed E-state index contributed by atoms with van der Waals surface area (Å²) in [5, 5.41) is 3.70. The first-order valence-corrected chi connectivity index (χ1v) is 7.22. The second-order valence-corrected chi connectivity index (χ2v) is 5.58. The number of rotatable bonds is 7. The second-order valence-electron chi connectivity index (χ2n) is 5.58. The minimum absolute atomic E-state index is 0.733. The Morgan fingerprint density at radius 1 is 1.44 bits per heavy atom. The van der Waals surface area contributed by atoms with Gasteiger partial charge in [0.25, 0.3) is 0 Å². The molecule has 1 aromatic rings. The molecule has 1 aliphatic rings. The molecule has 0 aliphatic heterocycles. The van der Waals surface area contributed by atoms with Crippen LogP contribution in [-0.2, 0) is 6.54 Å². The van der Waals surface area contributed by atoms with Crippen molar-refractivity contribution in [3.63, 3.8) is 0 Å². The maximum atomic E-state index is 5.12. The van der Waals surface area contributed by atoms with E-state index in [1.54, 1.807) is 6.26 Å². The van der Waals surface area contributed by atoms with Crippen molar-refractivity contribution in [2.24, 2.45) is 5.92 Å². The van der Waals surface area contributed by atoms with E-state index < -0.39 is 0 Å². The summed E-state index contributed by atoms with van der Waals surface area (Å²) in [6.07, 6.45) is 8.93. The van der Waals surface area contributed by atoms with Crippen molar-refractivity contribution >= 4 is 0 Å². The lowest BCUT2D eigenvalue weighted by atomic mass is 10.0. The van der Waals surface area contributed by atoms with E-state index in [9.17, 15) is 0 Å². The Balaban J connectivity index is 1.77. The molecule has 1 aromatic heterocycles. The zero-order valence-electron chi connectivity index (χ0n) is 11.7. The fourth-order valence-electron chi connectivity index (χ4n) is 3.01. The van der Waals surface area contributed by atoms with Gasteiger partial charge in [-0.05, 0) is 44.8 Å². The zero-order chi connectivity index (χ0) is 12.8. The Hall–Kier alpha value is -0.800. The van der Waals surface area contributed by atoms with E-state index in [1.165, 1.54) is 37.8 Å². The molecule has 102 valence electrons. The molecule has 0 radical (unpaired) electrons. The van der Waals surface area contributed by atoms with Crippen LogP contribution in [0.5, 0.6) is 0 Å². The quantitative estimate of drug-likeness (QED) is 0.806. The maximum absolute atomic E-state index is 5.12. The van der Waals surface area contributed by atoms with Gasteiger partial charge in [0.05, 0.1) is 12.5 Å². The molecule has 1 N–H and O–H groups in total. The Kier molecular flexibility index (Phi) is 5.26. The first-order chi connectivity index (χ1) is 8.79. The van der Waals surface area contributed by atoms with Crippen LogP contribution in [0.4, 0.5) is 0 Å². The third-order valence-corrected chi connectivity index (χ3v) is 3.89. The number of hydrogen-bond acceptors (Lipinski definition) is 3. The summed E-state index contributed by atoms with van der Waals surface area (Å²) in [7, 11) is 2.21. The van der Waals surface area contributed by atoms with E-state index in [4.69, 9.17) is 4.42 Å². The Labute approximate surface area is 111 Å². The Bertz CT molecular complexity index is 323. The van der Waals surface area contributed by atoms with Gasteiger partial charge in [0.1, 0.15) is 0 Å². The van der Waals surface area contributed by atoms with E-state index >= 15 is 0 Å². The van der Waals surface area contributed by atoms with Gasteiger partial charge < -0.3 is 14.6 Å². The molecule has 1 aliphatic carbocycles. The predicted molar refractivity (Wildman–Crippen MR) is 74.5 cm³/mol. The summed E-state index contributed by atoms with van der Waals surface area (Å²) in [5.74, 6) is 0.813. The van der Waals surface area contributed by atoms with Crippen LogP contribution in [0.15, 0.2) is 23.0 Å². The average molecular weight is 250 g/mol. The van der Waals surface area contributed by atoms with E-state index in [-0.39, 0.29) is 0 Å². The van der Waals surface area contributed by atoms with Crippen LogP contribution in [0.1, 0.15) is 38.2 Å². The summed E-state index contributed by atoms with van der Waals surface area (Å²) in [6, 6.07) is 2.79. The van der Waals surface area contributed by atoms with Crippen molar-refractivity contribution in [2.45, 2.75) is 45.2 Å². The van der Waals surface area contributed by atoms with Gasteiger partial charge in [0, 0.05) is 24.7 Å². The van der Waals surface area contributed by atoms with Crippen LogP contribution in [0.25, 0.3) is 0 Å². The molecule has 1 fully saturated rings. The molecule has 3 heteroatoms. The van der Waals surface area contributed by atoms with Crippen LogP contribution in [0.3, 0.4) is 0 Å². The second kappa shape index (κ2) is 6.95. The lowest BCUT2D eigenvalue weighted by Gasteiger charge is -2.26. The molecule has 0 bridgehead atoms. The average Bonchev–Trinajstić information content (AvgIpc) is 2.98. The molecular weight excluding hydrogens is 224 g/mol. The van der Waals surface area contributed by atoms with Gasteiger partial charge in [-0.25, -0.2) is 0 Å².